The van der Waals surface area contributed by atoms with Crippen molar-refractivity contribution in [3.8, 4) is 11.5 Å². The molecule has 0 aliphatic heterocycles. The SMILES string of the molecule is CCC(C)c1ccc(C(=O)OC(C)(C)C)cc1.CCC(C)c1ccc(O)cc1.CCC(C)c1ccc(OC(C)(C)CC)cc1.CCC1(OC(=O)C(C)(C)CC)CCCC1. The van der Waals surface area contributed by atoms with Crippen LogP contribution in [0.4, 0.5) is 0 Å². The van der Waals surface area contributed by atoms with Gasteiger partial charge in [0.15, 0.2) is 0 Å². The summed E-state index contributed by atoms with van der Waals surface area (Å²) in [6, 6.07) is 23.6. The van der Waals surface area contributed by atoms with Gasteiger partial charge in [0.2, 0.25) is 0 Å². The maximum absolute atomic E-state index is 12.0. The zero-order chi connectivity index (χ0) is 45.0. The Morgan fingerprint density at radius 3 is 1.39 bits per heavy atom. The van der Waals surface area contributed by atoms with Gasteiger partial charge in [-0.1, -0.05) is 98.7 Å². The molecular formula is C53H84O6. The molecule has 1 N–H and O–H groups in total. The second-order valence-corrected chi connectivity index (χ2v) is 18.8. The average molecular weight is 817 g/mol. The van der Waals surface area contributed by atoms with Crippen molar-refractivity contribution in [3.05, 3.63) is 95.1 Å². The third kappa shape index (κ3) is 19.4. The lowest BCUT2D eigenvalue weighted by Gasteiger charge is -2.32. The number of hydrogen-bond acceptors (Lipinski definition) is 6. The molecule has 59 heavy (non-hydrogen) atoms. The number of rotatable bonds is 14. The average Bonchev–Trinajstić information content (AvgIpc) is 3.69. The predicted molar refractivity (Wildman–Crippen MR) is 249 cm³/mol. The third-order valence-corrected chi connectivity index (χ3v) is 12.0. The second kappa shape index (κ2) is 25.1. The molecule has 1 fully saturated rings. The fourth-order valence-corrected chi connectivity index (χ4v) is 6.08. The molecule has 3 atom stereocenters. The molecule has 0 radical (unpaired) electrons. The first-order valence-electron chi connectivity index (χ1n) is 22.7. The van der Waals surface area contributed by atoms with E-state index in [9.17, 15) is 9.59 Å². The minimum atomic E-state index is -0.438. The third-order valence-electron chi connectivity index (χ3n) is 12.0. The minimum Gasteiger partial charge on any atom is -0.508 e. The van der Waals surface area contributed by atoms with Gasteiger partial charge in [-0.15, -0.1) is 0 Å². The van der Waals surface area contributed by atoms with E-state index >= 15 is 0 Å². The molecule has 0 saturated heterocycles. The van der Waals surface area contributed by atoms with E-state index in [1.807, 2.05) is 77.9 Å². The zero-order valence-corrected chi connectivity index (χ0v) is 40.2. The topological polar surface area (TPSA) is 82.1 Å². The lowest BCUT2D eigenvalue weighted by molar-refractivity contribution is -0.170. The number of esters is 2. The molecule has 3 unspecified atom stereocenters. The molecule has 0 bridgehead atoms. The van der Waals surface area contributed by atoms with Crippen molar-refractivity contribution in [1.82, 2.24) is 0 Å². The number of benzene rings is 3. The van der Waals surface area contributed by atoms with Crippen LogP contribution in [0.15, 0.2) is 72.8 Å². The summed E-state index contributed by atoms with van der Waals surface area (Å²) >= 11 is 0. The van der Waals surface area contributed by atoms with Crippen LogP contribution in [0.25, 0.3) is 0 Å². The van der Waals surface area contributed by atoms with Crippen LogP contribution in [0.2, 0.25) is 0 Å². The Bertz CT molecular complexity index is 1610. The first-order chi connectivity index (χ1) is 27.5. The van der Waals surface area contributed by atoms with E-state index in [1.54, 1.807) is 12.1 Å². The van der Waals surface area contributed by atoms with Gasteiger partial charge in [0, 0.05) is 0 Å². The summed E-state index contributed by atoms with van der Waals surface area (Å²) in [6.07, 6.45) is 10.7. The van der Waals surface area contributed by atoms with Crippen LogP contribution in [-0.4, -0.2) is 33.8 Å². The van der Waals surface area contributed by atoms with E-state index in [0.29, 0.717) is 29.1 Å². The number of hydrogen-bond donors (Lipinski definition) is 1. The highest BCUT2D eigenvalue weighted by molar-refractivity contribution is 5.89. The van der Waals surface area contributed by atoms with Crippen LogP contribution in [0.1, 0.15) is 220 Å². The molecule has 0 heterocycles. The number of phenols is 1. The van der Waals surface area contributed by atoms with Gasteiger partial charge in [-0.25, -0.2) is 4.79 Å². The van der Waals surface area contributed by atoms with E-state index in [4.69, 9.17) is 19.3 Å². The van der Waals surface area contributed by atoms with Crippen LogP contribution in [0.3, 0.4) is 0 Å². The van der Waals surface area contributed by atoms with Gasteiger partial charge < -0.3 is 19.3 Å². The number of carbonyl (C=O) groups excluding carboxylic acids is 2. The van der Waals surface area contributed by atoms with E-state index in [2.05, 4.69) is 93.5 Å². The largest absolute Gasteiger partial charge is 0.508 e. The predicted octanol–water partition coefficient (Wildman–Crippen LogP) is 15.5. The number of ether oxygens (including phenoxy) is 3. The zero-order valence-electron chi connectivity index (χ0n) is 40.2. The van der Waals surface area contributed by atoms with Crippen LogP contribution in [0, 0.1) is 5.41 Å². The smallest absolute Gasteiger partial charge is 0.338 e. The van der Waals surface area contributed by atoms with Crippen molar-refractivity contribution in [2.75, 3.05) is 0 Å². The number of aromatic hydroxyl groups is 1. The summed E-state index contributed by atoms with van der Waals surface area (Å²) in [5, 5.41) is 9.01. The van der Waals surface area contributed by atoms with Crippen molar-refractivity contribution in [1.29, 1.82) is 0 Å². The minimum absolute atomic E-state index is 0.0197. The Morgan fingerprint density at radius 2 is 1.03 bits per heavy atom. The number of phenolic OH excluding ortho intramolecular Hbond substituents is 1. The Balaban J connectivity index is 0.000000397. The van der Waals surface area contributed by atoms with Gasteiger partial charge in [-0.3, -0.25) is 4.79 Å². The normalized spacial score (nSPS) is 15.1. The molecule has 1 aliphatic rings. The molecule has 3 aromatic rings. The fraction of sp³-hybridized carbons (Fsp3) is 0.623. The van der Waals surface area contributed by atoms with Crippen molar-refractivity contribution in [2.45, 2.75) is 210 Å². The molecule has 0 aromatic heterocycles. The van der Waals surface area contributed by atoms with Crippen molar-refractivity contribution in [3.63, 3.8) is 0 Å². The van der Waals surface area contributed by atoms with Crippen molar-refractivity contribution < 1.29 is 28.9 Å². The molecule has 6 heteroatoms. The highest BCUT2D eigenvalue weighted by Crippen LogP contribution is 2.38. The summed E-state index contributed by atoms with van der Waals surface area (Å²) in [5.41, 5.74) is 3.60. The molecular weight excluding hydrogens is 733 g/mol. The maximum atomic E-state index is 12.0. The standard InChI is InChI=1S/C15H22O2.C15H24O.C13H24O2.C10H14O/c1-6-11(2)12-7-9-13(10-8-12)14(16)17-15(3,4)5;1-6-12(3)13-8-10-14(11-9-13)16-15(4,5)7-2;1-5-12(3,4)11(14)15-13(6-2)9-7-8-10-13;1-3-8(2)9-4-6-10(11)7-5-9/h7-11H,6H2,1-5H3;8-12H,6-7H2,1-5H3;5-10H2,1-4H3;4-8,11H,3H2,1-2H3. The first kappa shape index (κ1) is 53.2. The molecule has 1 aliphatic carbocycles. The van der Waals surface area contributed by atoms with E-state index < -0.39 is 5.60 Å². The Labute approximate surface area is 361 Å². The molecule has 6 nitrogen and oxygen atoms in total. The van der Waals surface area contributed by atoms with E-state index in [1.165, 1.54) is 36.0 Å². The van der Waals surface area contributed by atoms with Gasteiger partial charge >= 0.3 is 11.9 Å². The van der Waals surface area contributed by atoms with Gasteiger partial charge in [0.1, 0.15) is 28.3 Å². The second-order valence-electron chi connectivity index (χ2n) is 18.8. The molecule has 0 spiro atoms. The monoisotopic (exact) mass is 817 g/mol. The van der Waals surface area contributed by atoms with Gasteiger partial charge in [0.05, 0.1) is 11.0 Å². The van der Waals surface area contributed by atoms with Gasteiger partial charge in [-0.2, -0.15) is 0 Å². The lowest BCUT2D eigenvalue weighted by Crippen LogP contribution is -2.37. The molecule has 0 amide bonds. The maximum Gasteiger partial charge on any atom is 0.338 e. The summed E-state index contributed by atoms with van der Waals surface area (Å²) in [4.78, 5) is 23.8. The Hall–Kier alpha value is -3.80. The summed E-state index contributed by atoms with van der Waals surface area (Å²) in [7, 11) is 0. The summed E-state index contributed by atoms with van der Waals surface area (Å²) in [5.74, 6) is 2.80. The van der Waals surface area contributed by atoms with Gasteiger partial charge in [0.25, 0.3) is 0 Å². The first-order valence-corrected chi connectivity index (χ1v) is 22.7. The van der Waals surface area contributed by atoms with Gasteiger partial charge in [-0.05, 0) is 184 Å². The van der Waals surface area contributed by atoms with Crippen LogP contribution in [0.5, 0.6) is 11.5 Å². The Kier molecular flexibility index (Phi) is 22.6. The van der Waals surface area contributed by atoms with Crippen molar-refractivity contribution in [2.24, 2.45) is 5.41 Å². The highest BCUT2D eigenvalue weighted by Gasteiger charge is 2.39. The lowest BCUT2D eigenvalue weighted by atomic mass is 9.89. The molecule has 4 rings (SSSR count). The highest BCUT2D eigenvalue weighted by atomic mass is 16.6. The van der Waals surface area contributed by atoms with Crippen molar-refractivity contribution >= 4 is 11.9 Å². The summed E-state index contributed by atoms with van der Waals surface area (Å²) < 4.78 is 17.0. The quantitative estimate of drug-likeness (QED) is 0.163. The van der Waals surface area contributed by atoms with Crippen LogP contribution < -0.4 is 4.74 Å². The van der Waals surface area contributed by atoms with E-state index in [0.717, 1.165) is 50.7 Å². The van der Waals surface area contributed by atoms with E-state index in [-0.39, 0.29) is 28.6 Å². The molecule has 3 aromatic carbocycles. The Morgan fingerprint density at radius 1 is 0.627 bits per heavy atom. The molecule has 332 valence electrons. The fourth-order valence-electron chi connectivity index (χ4n) is 6.08. The molecule has 1 saturated carbocycles. The van der Waals surface area contributed by atoms with Crippen LogP contribution >= 0.6 is 0 Å². The van der Waals surface area contributed by atoms with Crippen LogP contribution in [-0.2, 0) is 14.3 Å². The number of carbonyl (C=O) groups is 2. The summed E-state index contributed by atoms with van der Waals surface area (Å²) in [6.45, 7) is 33.3.